The van der Waals surface area contributed by atoms with Crippen molar-refractivity contribution in [3.63, 3.8) is 0 Å². The molecule has 84 valence electrons. The largest absolute Gasteiger partial charge is 0.469 e. The van der Waals surface area contributed by atoms with Crippen molar-refractivity contribution < 1.29 is 9.53 Å². The molecule has 3 nitrogen and oxygen atoms in total. The highest BCUT2D eigenvalue weighted by Gasteiger charge is 2.22. The van der Waals surface area contributed by atoms with Crippen LogP contribution in [0.25, 0.3) is 5.57 Å². The fourth-order valence-electron chi connectivity index (χ4n) is 1.93. The van der Waals surface area contributed by atoms with Crippen LogP contribution in [0, 0.1) is 0 Å². The Labute approximate surface area is 99.1 Å². The smallest absolute Gasteiger partial charge is 0.309 e. The first-order valence-electron chi connectivity index (χ1n) is 5.03. The second-order valence-corrected chi connectivity index (χ2v) is 4.20. The van der Waals surface area contributed by atoms with Crippen LogP contribution in [0.5, 0.6) is 0 Å². The SMILES string of the molecule is COC(=O)CC1=C(C)Cc2nc(Cl)ccc21. The van der Waals surface area contributed by atoms with Crippen LogP contribution >= 0.6 is 11.6 Å². The molecule has 0 unspecified atom stereocenters. The van der Waals surface area contributed by atoms with Crippen LogP contribution in [0.2, 0.25) is 5.15 Å². The second kappa shape index (κ2) is 4.26. The lowest BCUT2D eigenvalue weighted by Crippen LogP contribution is -2.01. The number of aromatic nitrogens is 1. The van der Waals surface area contributed by atoms with Crippen molar-refractivity contribution in [1.29, 1.82) is 0 Å². The van der Waals surface area contributed by atoms with E-state index in [4.69, 9.17) is 11.6 Å². The maximum atomic E-state index is 11.3. The first kappa shape index (κ1) is 11.1. The van der Waals surface area contributed by atoms with E-state index < -0.39 is 0 Å². The molecule has 0 N–H and O–H groups in total. The summed E-state index contributed by atoms with van der Waals surface area (Å²) in [6.45, 7) is 2.01. The van der Waals surface area contributed by atoms with Crippen molar-refractivity contribution in [1.82, 2.24) is 4.98 Å². The Balaban J connectivity index is 2.34. The molecule has 0 aromatic carbocycles. The van der Waals surface area contributed by atoms with E-state index in [1.165, 1.54) is 7.11 Å². The fourth-order valence-corrected chi connectivity index (χ4v) is 2.10. The molecule has 0 atom stereocenters. The molecule has 0 amide bonds. The van der Waals surface area contributed by atoms with Crippen LogP contribution in [0.4, 0.5) is 0 Å². The lowest BCUT2D eigenvalue weighted by atomic mass is 10.0. The number of halogens is 1. The molecule has 1 heterocycles. The zero-order valence-corrected chi connectivity index (χ0v) is 9.97. The van der Waals surface area contributed by atoms with E-state index in [0.29, 0.717) is 11.6 Å². The molecule has 1 aromatic rings. The molecule has 1 aromatic heterocycles. The minimum atomic E-state index is -0.225. The summed E-state index contributed by atoms with van der Waals surface area (Å²) in [6, 6.07) is 3.66. The molecule has 0 bridgehead atoms. The monoisotopic (exact) mass is 237 g/mol. The average Bonchev–Trinajstić information content (AvgIpc) is 2.54. The van der Waals surface area contributed by atoms with Crippen LogP contribution in [-0.4, -0.2) is 18.1 Å². The van der Waals surface area contributed by atoms with E-state index in [1.807, 2.05) is 13.0 Å². The maximum absolute atomic E-state index is 11.3. The number of hydrogen-bond acceptors (Lipinski definition) is 3. The van der Waals surface area contributed by atoms with Crippen LogP contribution in [0.1, 0.15) is 24.6 Å². The number of hydrogen-bond donors (Lipinski definition) is 0. The molecule has 2 rings (SSSR count). The van der Waals surface area contributed by atoms with Crippen molar-refractivity contribution in [2.45, 2.75) is 19.8 Å². The third-order valence-corrected chi connectivity index (χ3v) is 2.97. The van der Waals surface area contributed by atoms with Gasteiger partial charge in [0.25, 0.3) is 0 Å². The van der Waals surface area contributed by atoms with E-state index in [2.05, 4.69) is 9.72 Å². The van der Waals surface area contributed by atoms with Crippen LogP contribution < -0.4 is 0 Å². The number of pyridine rings is 1. The molecule has 0 spiro atoms. The maximum Gasteiger partial charge on any atom is 0.309 e. The number of methoxy groups -OCH3 is 1. The minimum absolute atomic E-state index is 0.225. The molecule has 1 aliphatic carbocycles. The molecule has 0 fully saturated rings. The van der Waals surface area contributed by atoms with Gasteiger partial charge in [0.1, 0.15) is 5.15 Å². The molecular formula is C12H12ClNO2. The van der Waals surface area contributed by atoms with E-state index in [9.17, 15) is 4.79 Å². The van der Waals surface area contributed by atoms with Crippen molar-refractivity contribution >= 4 is 23.1 Å². The van der Waals surface area contributed by atoms with Gasteiger partial charge in [-0.05, 0) is 24.6 Å². The summed E-state index contributed by atoms with van der Waals surface area (Å²) in [4.78, 5) is 15.5. The number of rotatable bonds is 2. The van der Waals surface area contributed by atoms with Crippen molar-refractivity contribution in [3.05, 3.63) is 34.1 Å². The van der Waals surface area contributed by atoms with Gasteiger partial charge in [-0.2, -0.15) is 0 Å². The lowest BCUT2D eigenvalue weighted by Gasteiger charge is -2.04. The summed E-state index contributed by atoms with van der Waals surface area (Å²) in [7, 11) is 1.40. The van der Waals surface area contributed by atoms with Gasteiger partial charge < -0.3 is 4.74 Å². The van der Waals surface area contributed by atoms with Gasteiger partial charge in [0.2, 0.25) is 0 Å². The van der Waals surface area contributed by atoms with E-state index in [-0.39, 0.29) is 5.97 Å². The quantitative estimate of drug-likeness (QED) is 0.586. The van der Waals surface area contributed by atoms with Gasteiger partial charge in [-0.3, -0.25) is 4.79 Å². The number of carbonyl (C=O) groups excluding carboxylic acids is 1. The number of nitrogens with zero attached hydrogens (tertiary/aromatic N) is 1. The molecule has 0 saturated heterocycles. The van der Waals surface area contributed by atoms with Crippen molar-refractivity contribution in [2.24, 2.45) is 0 Å². The summed E-state index contributed by atoms with van der Waals surface area (Å²) >= 11 is 5.83. The van der Waals surface area contributed by atoms with E-state index in [1.54, 1.807) is 6.07 Å². The minimum Gasteiger partial charge on any atom is -0.469 e. The summed E-state index contributed by atoms with van der Waals surface area (Å²) in [5.74, 6) is -0.225. The van der Waals surface area contributed by atoms with E-state index >= 15 is 0 Å². The molecule has 16 heavy (non-hydrogen) atoms. The van der Waals surface area contributed by atoms with Gasteiger partial charge in [-0.1, -0.05) is 17.2 Å². The first-order valence-corrected chi connectivity index (χ1v) is 5.41. The molecule has 0 saturated carbocycles. The third-order valence-electron chi connectivity index (χ3n) is 2.76. The Morgan fingerprint density at radius 2 is 2.31 bits per heavy atom. The van der Waals surface area contributed by atoms with Crippen LogP contribution in [-0.2, 0) is 16.0 Å². The Bertz CT molecular complexity index is 480. The van der Waals surface area contributed by atoms with Gasteiger partial charge in [-0.15, -0.1) is 0 Å². The number of fused-ring (bicyclic) bond motifs is 1. The first-order chi connectivity index (χ1) is 7.61. The Morgan fingerprint density at radius 3 is 3.00 bits per heavy atom. The topological polar surface area (TPSA) is 39.2 Å². The van der Waals surface area contributed by atoms with E-state index in [0.717, 1.165) is 28.8 Å². The highest BCUT2D eigenvalue weighted by molar-refractivity contribution is 6.29. The predicted octanol–water partition coefficient (Wildman–Crippen LogP) is 2.63. The average molecular weight is 238 g/mol. The Hall–Kier alpha value is -1.35. The molecule has 4 heteroatoms. The molecule has 1 aliphatic rings. The number of ether oxygens (including phenoxy) is 1. The van der Waals surface area contributed by atoms with Gasteiger partial charge in [0.05, 0.1) is 19.2 Å². The van der Waals surface area contributed by atoms with Gasteiger partial charge >= 0.3 is 5.97 Å². The summed E-state index contributed by atoms with van der Waals surface area (Å²) in [5.41, 5.74) is 4.15. The molecule has 0 radical (unpaired) electrons. The highest BCUT2D eigenvalue weighted by atomic mass is 35.5. The van der Waals surface area contributed by atoms with Gasteiger partial charge in [0.15, 0.2) is 0 Å². The number of carbonyl (C=O) groups is 1. The number of esters is 1. The lowest BCUT2D eigenvalue weighted by molar-refractivity contribution is -0.139. The summed E-state index contributed by atoms with van der Waals surface area (Å²) < 4.78 is 4.68. The summed E-state index contributed by atoms with van der Waals surface area (Å²) in [6.07, 6.45) is 1.07. The predicted molar refractivity (Wildman–Crippen MR) is 62.2 cm³/mol. The highest BCUT2D eigenvalue weighted by Crippen LogP contribution is 2.34. The van der Waals surface area contributed by atoms with Crippen molar-refractivity contribution in [3.8, 4) is 0 Å². The van der Waals surface area contributed by atoms with Gasteiger partial charge in [0, 0.05) is 12.0 Å². The fraction of sp³-hybridized carbons (Fsp3) is 0.333. The Morgan fingerprint density at radius 1 is 1.56 bits per heavy atom. The zero-order chi connectivity index (χ0) is 11.7. The zero-order valence-electron chi connectivity index (χ0n) is 9.21. The van der Waals surface area contributed by atoms with Gasteiger partial charge in [-0.25, -0.2) is 4.98 Å². The normalized spacial score (nSPS) is 13.9. The Kier molecular flexibility index (Phi) is 2.97. The molecular weight excluding hydrogens is 226 g/mol. The molecule has 0 aliphatic heterocycles. The van der Waals surface area contributed by atoms with Crippen LogP contribution in [0.15, 0.2) is 17.7 Å². The second-order valence-electron chi connectivity index (χ2n) is 3.82. The van der Waals surface area contributed by atoms with Crippen LogP contribution in [0.3, 0.4) is 0 Å². The van der Waals surface area contributed by atoms with Crippen molar-refractivity contribution in [2.75, 3.05) is 7.11 Å². The number of allylic oxidation sites excluding steroid dienone is 1. The standard InChI is InChI=1S/C12H12ClNO2/c1-7-5-10-8(3-4-11(13)14-10)9(7)6-12(15)16-2/h3-4H,5-6H2,1-2H3. The third kappa shape index (κ3) is 1.95. The summed E-state index contributed by atoms with van der Waals surface area (Å²) in [5, 5.41) is 0.492.